The smallest absolute Gasteiger partial charge is 0.115 e. The van der Waals surface area contributed by atoms with Crippen LogP contribution in [-0.2, 0) is 5.41 Å². The van der Waals surface area contributed by atoms with Crippen molar-refractivity contribution in [3.05, 3.63) is 59.7 Å². The van der Waals surface area contributed by atoms with Gasteiger partial charge >= 0.3 is 0 Å². The highest BCUT2D eigenvalue weighted by Gasteiger charge is 2.38. The van der Waals surface area contributed by atoms with Gasteiger partial charge in [-0.2, -0.15) is 0 Å². The molecule has 2 heteroatoms. The zero-order chi connectivity index (χ0) is 18.7. The Morgan fingerprint density at radius 1 is 0.846 bits per heavy atom. The van der Waals surface area contributed by atoms with Crippen LogP contribution in [0.15, 0.2) is 48.5 Å². The first kappa shape index (κ1) is 18.8. The van der Waals surface area contributed by atoms with Gasteiger partial charge in [0.1, 0.15) is 11.5 Å². The molecule has 0 radical (unpaired) electrons. The van der Waals surface area contributed by atoms with Crippen molar-refractivity contribution in [1.29, 1.82) is 0 Å². The van der Waals surface area contributed by atoms with Gasteiger partial charge in [-0.15, -0.1) is 0 Å². The number of aromatic hydroxyl groups is 2. The molecule has 1 saturated carbocycles. The Bertz CT molecular complexity index is 694. The summed E-state index contributed by atoms with van der Waals surface area (Å²) in [7, 11) is 0. The molecule has 1 aliphatic carbocycles. The molecule has 140 valence electrons. The first-order valence-corrected chi connectivity index (χ1v) is 9.97. The van der Waals surface area contributed by atoms with Gasteiger partial charge in [0, 0.05) is 0 Å². The van der Waals surface area contributed by atoms with Gasteiger partial charge in [0.25, 0.3) is 0 Å². The first-order valence-electron chi connectivity index (χ1n) is 9.97. The van der Waals surface area contributed by atoms with Crippen LogP contribution in [0.3, 0.4) is 0 Å². The average molecular weight is 353 g/mol. The molecule has 1 atom stereocenters. The lowest BCUT2D eigenvalue weighted by Crippen LogP contribution is -2.36. The average Bonchev–Trinajstić information content (AvgIpc) is 2.62. The third-order valence-electron chi connectivity index (χ3n) is 6.35. The Balaban J connectivity index is 1.76. The number of benzene rings is 2. The molecule has 1 aliphatic rings. The van der Waals surface area contributed by atoms with Crippen molar-refractivity contribution in [1.82, 2.24) is 0 Å². The standard InChI is InChI=1S/C24H32O2/c1-17(2)16-24(3,21-10-14-23(26)15-11-21)20-8-4-18(5-9-20)19-6-12-22(25)13-7-19/h6-7,10-15,17-18,20,25-26H,4-5,8-9,16H2,1-3H3. The number of rotatable bonds is 5. The van der Waals surface area contributed by atoms with Crippen LogP contribution < -0.4 is 0 Å². The van der Waals surface area contributed by atoms with E-state index in [-0.39, 0.29) is 5.41 Å². The zero-order valence-corrected chi connectivity index (χ0v) is 16.3. The van der Waals surface area contributed by atoms with E-state index in [1.807, 2.05) is 12.1 Å². The molecule has 3 rings (SSSR count). The van der Waals surface area contributed by atoms with E-state index >= 15 is 0 Å². The summed E-state index contributed by atoms with van der Waals surface area (Å²) in [6.07, 6.45) is 6.06. The van der Waals surface area contributed by atoms with Gasteiger partial charge in [0.15, 0.2) is 0 Å². The van der Waals surface area contributed by atoms with Gasteiger partial charge in [-0.1, -0.05) is 45.0 Å². The van der Waals surface area contributed by atoms with Crippen LogP contribution in [0.25, 0.3) is 0 Å². The topological polar surface area (TPSA) is 40.5 Å². The summed E-state index contributed by atoms with van der Waals surface area (Å²) < 4.78 is 0. The molecule has 26 heavy (non-hydrogen) atoms. The summed E-state index contributed by atoms with van der Waals surface area (Å²) in [6.45, 7) is 7.03. The van der Waals surface area contributed by atoms with E-state index in [1.165, 1.54) is 43.2 Å². The van der Waals surface area contributed by atoms with Crippen LogP contribution in [0.4, 0.5) is 0 Å². The number of hydrogen-bond acceptors (Lipinski definition) is 2. The number of phenolic OH excluding ortho intramolecular Hbond substituents is 2. The molecule has 0 amide bonds. The van der Waals surface area contributed by atoms with E-state index < -0.39 is 0 Å². The molecule has 2 N–H and O–H groups in total. The molecule has 2 aromatic rings. The van der Waals surface area contributed by atoms with Crippen LogP contribution in [0.5, 0.6) is 11.5 Å². The summed E-state index contributed by atoms with van der Waals surface area (Å²) in [6, 6.07) is 15.7. The molecule has 0 spiro atoms. The fourth-order valence-corrected chi connectivity index (χ4v) is 5.02. The fourth-order valence-electron chi connectivity index (χ4n) is 5.02. The van der Waals surface area contributed by atoms with E-state index in [4.69, 9.17) is 0 Å². The van der Waals surface area contributed by atoms with Crippen molar-refractivity contribution in [3.8, 4) is 11.5 Å². The molecule has 0 bridgehead atoms. The van der Waals surface area contributed by atoms with Gasteiger partial charge in [0.05, 0.1) is 0 Å². The van der Waals surface area contributed by atoms with Crippen molar-refractivity contribution in [2.75, 3.05) is 0 Å². The van der Waals surface area contributed by atoms with Crippen LogP contribution in [0, 0.1) is 11.8 Å². The van der Waals surface area contributed by atoms with E-state index in [0.717, 1.165) is 0 Å². The molecular formula is C24H32O2. The van der Waals surface area contributed by atoms with Crippen molar-refractivity contribution >= 4 is 0 Å². The van der Waals surface area contributed by atoms with E-state index in [1.54, 1.807) is 12.1 Å². The Labute approximate surface area is 157 Å². The Morgan fingerprint density at radius 3 is 1.85 bits per heavy atom. The second-order valence-electron chi connectivity index (χ2n) is 8.70. The normalized spacial score (nSPS) is 22.9. The van der Waals surface area contributed by atoms with Crippen molar-refractivity contribution < 1.29 is 10.2 Å². The van der Waals surface area contributed by atoms with Crippen molar-refractivity contribution in [2.45, 2.75) is 64.2 Å². The summed E-state index contributed by atoms with van der Waals surface area (Å²) in [4.78, 5) is 0. The van der Waals surface area contributed by atoms with Crippen molar-refractivity contribution in [3.63, 3.8) is 0 Å². The Morgan fingerprint density at radius 2 is 1.35 bits per heavy atom. The van der Waals surface area contributed by atoms with E-state index in [9.17, 15) is 10.2 Å². The molecule has 2 nitrogen and oxygen atoms in total. The molecule has 2 aromatic carbocycles. The molecular weight excluding hydrogens is 320 g/mol. The highest BCUT2D eigenvalue weighted by molar-refractivity contribution is 5.33. The van der Waals surface area contributed by atoms with Crippen LogP contribution in [-0.4, -0.2) is 10.2 Å². The van der Waals surface area contributed by atoms with Crippen LogP contribution >= 0.6 is 0 Å². The van der Waals surface area contributed by atoms with E-state index in [0.29, 0.717) is 29.3 Å². The second kappa shape index (κ2) is 7.73. The Kier molecular flexibility index (Phi) is 5.60. The summed E-state index contributed by atoms with van der Waals surface area (Å²) >= 11 is 0. The van der Waals surface area contributed by atoms with Crippen LogP contribution in [0.2, 0.25) is 0 Å². The lowest BCUT2D eigenvalue weighted by molar-refractivity contribution is 0.178. The van der Waals surface area contributed by atoms with Gasteiger partial charge in [-0.3, -0.25) is 0 Å². The third kappa shape index (κ3) is 4.06. The predicted molar refractivity (Wildman–Crippen MR) is 108 cm³/mol. The zero-order valence-electron chi connectivity index (χ0n) is 16.3. The summed E-state index contributed by atoms with van der Waals surface area (Å²) in [5.41, 5.74) is 2.87. The molecule has 1 fully saturated rings. The quantitative estimate of drug-likeness (QED) is 0.656. The predicted octanol–water partition coefficient (Wildman–Crippen LogP) is 6.38. The van der Waals surface area contributed by atoms with Gasteiger partial charge in [-0.25, -0.2) is 0 Å². The largest absolute Gasteiger partial charge is 0.508 e. The molecule has 0 aromatic heterocycles. The summed E-state index contributed by atoms with van der Waals surface area (Å²) in [5, 5.41) is 19.2. The molecule has 0 aliphatic heterocycles. The number of phenols is 2. The highest BCUT2D eigenvalue weighted by Crippen LogP contribution is 2.48. The molecule has 1 unspecified atom stereocenters. The fraction of sp³-hybridized carbons (Fsp3) is 0.500. The maximum absolute atomic E-state index is 9.68. The maximum atomic E-state index is 9.68. The highest BCUT2D eigenvalue weighted by atomic mass is 16.3. The monoisotopic (exact) mass is 352 g/mol. The SMILES string of the molecule is CC(C)CC(C)(c1ccc(O)cc1)C1CCC(c2ccc(O)cc2)CC1. The Hall–Kier alpha value is -1.96. The van der Waals surface area contributed by atoms with E-state index in [2.05, 4.69) is 45.0 Å². The maximum Gasteiger partial charge on any atom is 0.115 e. The molecule has 0 saturated heterocycles. The van der Waals surface area contributed by atoms with Gasteiger partial charge in [-0.05, 0) is 90.7 Å². The second-order valence-corrected chi connectivity index (χ2v) is 8.70. The third-order valence-corrected chi connectivity index (χ3v) is 6.35. The van der Waals surface area contributed by atoms with Gasteiger partial charge in [0.2, 0.25) is 0 Å². The lowest BCUT2D eigenvalue weighted by Gasteiger charge is -2.43. The van der Waals surface area contributed by atoms with Crippen molar-refractivity contribution in [2.24, 2.45) is 11.8 Å². The minimum atomic E-state index is 0.155. The number of hydrogen-bond donors (Lipinski definition) is 2. The first-order chi connectivity index (χ1) is 12.4. The molecule has 0 heterocycles. The van der Waals surface area contributed by atoms with Gasteiger partial charge < -0.3 is 10.2 Å². The minimum absolute atomic E-state index is 0.155. The summed E-state index contributed by atoms with van der Waals surface area (Å²) in [5.74, 6) is 2.61. The minimum Gasteiger partial charge on any atom is -0.508 e. The van der Waals surface area contributed by atoms with Crippen LogP contribution in [0.1, 0.15) is 69.9 Å². The lowest BCUT2D eigenvalue weighted by atomic mass is 9.61.